The number of aromatic nitrogens is 2. The van der Waals surface area contributed by atoms with Gasteiger partial charge in [0, 0.05) is 17.5 Å². The van der Waals surface area contributed by atoms with E-state index in [1.807, 2.05) is 6.92 Å². The van der Waals surface area contributed by atoms with E-state index in [2.05, 4.69) is 9.97 Å². The Morgan fingerprint density at radius 3 is 2.50 bits per heavy atom. The van der Waals surface area contributed by atoms with Crippen LogP contribution in [0.3, 0.4) is 0 Å². The van der Waals surface area contributed by atoms with E-state index in [1.54, 1.807) is 31.2 Å². The minimum Gasteiger partial charge on any atom is -0.439 e. The number of amides is 1. The van der Waals surface area contributed by atoms with Crippen LogP contribution in [0.5, 0.6) is 11.6 Å². The standard InChI is InChI=1S/C14H14ClN3O2/c1-3-11-17-12(15)8(2)14(18-11)20-10-6-4-9(5-7-10)13(16)19/h4-7H,3H2,1-2H3,(H2,16,19). The zero-order valence-corrected chi connectivity index (χ0v) is 11.9. The SMILES string of the molecule is CCc1nc(Cl)c(C)c(Oc2ccc(C(N)=O)cc2)n1. The molecule has 0 bridgehead atoms. The molecule has 0 radical (unpaired) electrons. The van der Waals surface area contributed by atoms with E-state index in [9.17, 15) is 4.79 Å². The van der Waals surface area contributed by atoms with Gasteiger partial charge in [0.2, 0.25) is 11.8 Å². The number of hydrogen-bond donors (Lipinski definition) is 1. The molecule has 1 aromatic carbocycles. The zero-order valence-electron chi connectivity index (χ0n) is 11.2. The van der Waals surface area contributed by atoms with Crippen molar-refractivity contribution in [3.63, 3.8) is 0 Å². The summed E-state index contributed by atoms with van der Waals surface area (Å²) in [5.74, 6) is 1.10. The van der Waals surface area contributed by atoms with Crippen molar-refractivity contribution in [2.75, 3.05) is 0 Å². The number of hydrogen-bond acceptors (Lipinski definition) is 4. The monoisotopic (exact) mass is 291 g/mol. The Labute approximate surface area is 121 Å². The van der Waals surface area contributed by atoms with Crippen molar-refractivity contribution in [3.05, 3.63) is 46.4 Å². The number of halogens is 1. The second-order valence-electron chi connectivity index (χ2n) is 4.21. The van der Waals surface area contributed by atoms with Gasteiger partial charge in [-0.1, -0.05) is 18.5 Å². The Hall–Kier alpha value is -2.14. The lowest BCUT2D eigenvalue weighted by Gasteiger charge is -2.10. The number of nitrogens with zero attached hydrogens (tertiary/aromatic N) is 2. The van der Waals surface area contributed by atoms with Crippen LogP contribution < -0.4 is 10.5 Å². The Morgan fingerprint density at radius 2 is 1.95 bits per heavy atom. The molecule has 20 heavy (non-hydrogen) atoms. The van der Waals surface area contributed by atoms with Crippen molar-refractivity contribution in [2.24, 2.45) is 5.73 Å². The van der Waals surface area contributed by atoms with Gasteiger partial charge in [0.15, 0.2) is 0 Å². The molecule has 0 saturated carbocycles. The molecule has 2 rings (SSSR count). The lowest BCUT2D eigenvalue weighted by molar-refractivity contribution is 0.100. The molecule has 0 saturated heterocycles. The van der Waals surface area contributed by atoms with E-state index in [-0.39, 0.29) is 0 Å². The van der Waals surface area contributed by atoms with Gasteiger partial charge >= 0.3 is 0 Å². The number of primary amides is 1. The highest BCUT2D eigenvalue weighted by atomic mass is 35.5. The summed E-state index contributed by atoms with van der Waals surface area (Å²) in [4.78, 5) is 19.4. The second kappa shape index (κ2) is 5.88. The van der Waals surface area contributed by atoms with Crippen molar-refractivity contribution >= 4 is 17.5 Å². The Bertz CT molecular complexity index is 642. The highest BCUT2D eigenvalue weighted by molar-refractivity contribution is 6.30. The molecule has 6 heteroatoms. The van der Waals surface area contributed by atoms with Gasteiger partial charge in [-0.25, -0.2) is 4.98 Å². The summed E-state index contributed by atoms with van der Waals surface area (Å²) >= 11 is 6.04. The first kappa shape index (κ1) is 14.3. The molecule has 104 valence electrons. The molecule has 1 aromatic heterocycles. The van der Waals surface area contributed by atoms with Crippen molar-refractivity contribution in [1.82, 2.24) is 9.97 Å². The summed E-state index contributed by atoms with van der Waals surface area (Å²) in [7, 11) is 0. The van der Waals surface area contributed by atoms with Crippen molar-refractivity contribution in [3.8, 4) is 11.6 Å². The average molecular weight is 292 g/mol. The van der Waals surface area contributed by atoms with Crippen LogP contribution >= 0.6 is 11.6 Å². The third-order valence-electron chi connectivity index (χ3n) is 2.76. The Kier molecular flexibility index (Phi) is 4.20. The van der Waals surface area contributed by atoms with Gasteiger partial charge in [-0.2, -0.15) is 4.98 Å². The first-order chi connectivity index (χ1) is 9.51. The van der Waals surface area contributed by atoms with E-state index in [0.29, 0.717) is 40.2 Å². The van der Waals surface area contributed by atoms with Gasteiger partial charge in [0.1, 0.15) is 16.7 Å². The van der Waals surface area contributed by atoms with E-state index < -0.39 is 5.91 Å². The molecule has 5 nitrogen and oxygen atoms in total. The van der Waals surface area contributed by atoms with Crippen LogP contribution in [0.2, 0.25) is 5.15 Å². The van der Waals surface area contributed by atoms with Gasteiger partial charge < -0.3 is 10.5 Å². The van der Waals surface area contributed by atoms with Gasteiger partial charge in [-0.05, 0) is 31.2 Å². The molecule has 1 heterocycles. The molecule has 0 unspecified atom stereocenters. The topological polar surface area (TPSA) is 78.1 Å². The molecule has 0 aliphatic carbocycles. The largest absolute Gasteiger partial charge is 0.439 e. The zero-order chi connectivity index (χ0) is 14.7. The number of carbonyl (C=O) groups excluding carboxylic acids is 1. The molecule has 2 aromatic rings. The third-order valence-corrected chi connectivity index (χ3v) is 3.13. The Morgan fingerprint density at radius 1 is 1.30 bits per heavy atom. The van der Waals surface area contributed by atoms with E-state index in [4.69, 9.17) is 22.1 Å². The number of rotatable bonds is 4. The van der Waals surface area contributed by atoms with E-state index in [1.165, 1.54) is 0 Å². The molecule has 2 N–H and O–H groups in total. The quantitative estimate of drug-likeness (QED) is 0.879. The fourth-order valence-corrected chi connectivity index (χ4v) is 1.75. The van der Waals surface area contributed by atoms with Crippen LogP contribution in [-0.4, -0.2) is 15.9 Å². The molecule has 0 aliphatic rings. The summed E-state index contributed by atoms with van der Waals surface area (Å²) in [6.45, 7) is 3.72. The fraction of sp³-hybridized carbons (Fsp3) is 0.214. The van der Waals surface area contributed by atoms with Crippen LogP contribution in [-0.2, 0) is 6.42 Å². The van der Waals surface area contributed by atoms with E-state index >= 15 is 0 Å². The summed E-state index contributed by atoms with van der Waals surface area (Å²) < 4.78 is 5.68. The predicted molar refractivity (Wildman–Crippen MR) is 76.2 cm³/mol. The number of carbonyl (C=O) groups is 1. The fourth-order valence-electron chi connectivity index (χ4n) is 1.57. The van der Waals surface area contributed by atoms with Crippen LogP contribution in [0.15, 0.2) is 24.3 Å². The summed E-state index contributed by atoms with van der Waals surface area (Å²) in [6, 6.07) is 6.50. The minimum atomic E-state index is -0.480. The summed E-state index contributed by atoms with van der Waals surface area (Å²) in [5.41, 5.74) is 6.27. The van der Waals surface area contributed by atoms with Gasteiger partial charge in [-0.3, -0.25) is 4.79 Å². The molecule has 0 aliphatic heterocycles. The predicted octanol–water partition coefficient (Wildman–Crippen LogP) is 2.89. The van der Waals surface area contributed by atoms with Gasteiger partial charge in [-0.15, -0.1) is 0 Å². The highest BCUT2D eigenvalue weighted by Crippen LogP contribution is 2.27. The number of nitrogens with two attached hydrogens (primary N) is 1. The third kappa shape index (κ3) is 3.05. The van der Waals surface area contributed by atoms with E-state index in [0.717, 1.165) is 0 Å². The molecular weight excluding hydrogens is 278 g/mol. The highest BCUT2D eigenvalue weighted by Gasteiger charge is 2.11. The van der Waals surface area contributed by atoms with Crippen LogP contribution in [0.4, 0.5) is 0 Å². The lowest BCUT2D eigenvalue weighted by atomic mass is 10.2. The first-order valence-electron chi connectivity index (χ1n) is 6.12. The average Bonchev–Trinajstić information content (AvgIpc) is 2.44. The molecule has 0 spiro atoms. The van der Waals surface area contributed by atoms with Crippen LogP contribution in [0.1, 0.15) is 28.7 Å². The summed E-state index contributed by atoms with van der Waals surface area (Å²) in [5, 5.41) is 0.376. The maximum absolute atomic E-state index is 11.0. The number of aryl methyl sites for hydroxylation is 1. The maximum Gasteiger partial charge on any atom is 0.248 e. The minimum absolute atomic E-state index is 0.376. The van der Waals surface area contributed by atoms with Crippen molar-refractivity contribution in [2.45, 2.75) is 20.3 Å². The van der Waals surface area contributed by atoms with Gasteiger partial charge in [0.25, 0.3) is 0 Å². The Balaban J connectivity index is 2.29. The lowest BCUT2D eigenvalue weighted by Crippen LogP contribution is -2.10. The molecule has 1 amide bonds. The summed E-state index contributed by atoms with van der Waals surface area (Å²) in [6.07, 6.45) is 0.664. The smallest absolute Gasteiger partial charge is 0.248 e. The molecule has 0 fully saturated rings. The molecule has 0 atom stereocenters. The van der Waals surface area contributed by atoms with Crippen LogP contribution in [0, 0.1) is 6.92 Å². The van der Waals surface area contributed by atoms with Crippen LogP contribution in [0.25, 0.3) is 0 Å². The first-order valence-corrected chi connectivity index (χ1v) is 6.49. The van der Waals surface area contributed by atoms with Gasteiger partial charge in [0.05, 0.1) is 0 Å². The van der Waals surface area contributed by atoms with Crippen molar-refractivity contribution < 1.29 is 9.53 Å². The number of ether oxygens (including phenoxy) is 1. The number of benzene rings is 1. The molecular formula is C14H14ClN3O2. The second-order valence-corrected chi connectivity index (χ2v) is 4.56. The normalized spacial score (nSPS) is 10.3. The maximum atomic E-state index is 11.0. The van der Waals surface area contributed by atoms with Crippen molar-refractivity contribution in [1.29, 1.82) is 0 Å².